The van der Waals surface area contributed by atoms with Gasteiger partial charge in [0.1, 0.15) is 5.82 Å². The number of carbonyl (C=O) groups is 1. The highest BCUT2D eigenvalue weighted by Gasteiger charge is 2.28. The molecule has 110 valence electrons. The van der Waals surface area contributed by atoms with Gasteiger partial charge in [0.2, 0.25) is 5.91 Å². The number of hydrogen-bond acceptors (Lipinski definition) is 3. The summed E-state index contributed by atoms with van der Waals surface area (Å²) < 4.78 is 13.5. The summed E-state index contributed by atoms with van der Waals surface area (Å²) in [4.78, 5) is 12.0. The third-order valence-electron chi connectivity index (χ3n) is 3.44. The first kappa shape index (κ1) is 14.0. The molecule has 1 N–H and O–H groups in total. The molecule has 5 nitrogen and oxygen atoms in total. The number of carbonyl (C=O) groups excluding carboxylic acids is 1. The third-order valence-corrected chi connectivity index (χ3v) is 4.64. The standard InChI is InChI=1S/C15H17N3O2S/c1-10(2)15(19)16-14-12-8-21(20)9-13(12)17-18(14)11-6-4-3-5-7-11/h3-7,10H,8-9H2,1-2H3,(H,16,19)/t21-/m1/s1. The Morgan fingerprint density at radius 1 is 1.29 bits per heavy atom. The van der Waals surface area contributed by atoms with E-state index in [0.29, 0.717) is 17.3 Å². The van der Waals surface area contributed by atoms with Gasteiger partial charge in [-0.05, 0) is 12.1 Å². The van der Waals surface area contributed by atoms with Crippen molar-refractivity contribution in [3.05, 3.63) is 41.6 Å². The van der Waals surface area contributed by atoms with Crippen LogP contribution >= 0.6 is 0 Å². The van der Waals surface area contributed by atoms with E-state index in [4.69, 9.17) is 0 Å². The molecule has 0 aliphatic carbocycles. The Labute approximate surface area is 125 Å². The molecule has 1 atom stereocenters. The summed E-state index contributed by atoms with van der Waals surface area (Å²) in [6, 6.07) is 9.65. The van der Waals surface area contributed by atoms with Gasteiger partial charge in [0.05, 0.1) is 22.9 Å². The minimum absolute atomic E-state index is 0.0624. The van der Waals surface area contributed by atoms with Gasteiger partial charge in [-0.25, -0.2) is 4.68 Å². The SMILES string of the molecule is CC(C)C(=O)Nc1c2c(nn1-c1ccccc1)C[S@](=O)C2. The number of fused-ring (bicyclic) bond motifs is 1. The van der Waals surface area contributed by atoms with E-state index >= 15 is 0 Å². The lowest BCUT2D eigenvalue weighted by Gasteiger charge is -2.12. The molecule has 0 unspecified atom stereocenters. The van der Waals surface area contributed by atoms with E-state index in [9.17, 15) is 9.00 Å². The molecule has 0 saturated carbocycles. The highest BCUT2D eigenvalue weighted by Crippen LogP contribution is 2.31. The van der Waals surface area contributed by atoms with Gasteiger partial charge in [-0.3, -0.25) is 9.00 Å². The smallest absolute Gasteiger partial charge is 0.228 e. The molecule has 0 fully saturated rings. The van der Waals surface area contributed by atoms with E-state index in [0.717, 1.165) is 16.9 Å². The lowest BCUT2D eigenvalue weighted by atomic mass is 10.2. The largest absolute Gasteiger partial charge is 0.310 e. The van der Waals surface area contributed by atoms with Crippen LogP contribution in [-0.2, 0) is 27.1 Å². The van der Waals surface area contributed by atoms with E-state index in [-0.39, 0.29) is 11.8 Å². The van der Waals surface area contributed by atoms with Crippen molar-refractivity contribution in [1.82, 2.24) is 9.78 Å². The quantitative estimate of drug-likeness (QED) is 0.945. The molecule has 2 aromatic rings. The van der Waals surface area contributed by atoms with Gasteiger partial charge < -0.3 is 5.32 Å². The summed E-state index contributed by atoms with van der Waals surface area (Å²) in [6.07, 6.45) is 0. The number of rotatable bonds is 3. The molecule has 0 radical (unpaired) electrons. The number of nitrogens with one attached hydrogen (secondary N) is 1. The lowest BCUT2D eigenvalue weighted by molar-refractivity contribution is -0.118. The number of para-hydroxylation sites is 1. The predicted octanol–water partition coefficient (Wildman–Crippen LogP) is 2.23. The highest BCUT2D eigenvalue weighted by molar-refractivity contribution is 7.83. The molecule has 1 aromatic heterocycles. The molecule has 6 heteroatoms. The van der Waals surface area contributed by atoms with E-state index in [2.05, 4.69) is 10.4 Å². The second-order valence-corrected chi connectivity index (χ2v) is 6.85. The predicted molar refractivity (Wildman–Crippen MR) is 82.6 cm³/mol. The first-order chi connectivity index (χ1) is 10.1. The van der Waals surface area contributed by atoms with Crippen LogP contribution in [0.15, 0.2) is 30.3 Å². The number of aromatic nitrogens is 2. The maximum Gasteiger partial charge on any atom is 0.228 e. The molecule has 0 spiro atoms. The zero-order chi connectivity index (χ0) is 15.0. The number of nitrogens with zero attached hydrogens (tertiary/aromatic N) is 2. The molecule has 1 aliphatic heterocycles. The topological polar surface area (TPSA) is 64.0 Å². The Hall–Kier alpha value is -1.95. The van der Waals surface area contributed by atoms with Gasteiger partial charge in [0, 0.05) is 22.3 Å². The van der Waals surface area contributed by atoms with Crippen LogP contribution in [0.5, 0.6) is 0 Å². The summed E-state index contributed by atoms with van der Waals surface area (Å²) in [6.45, 7) is 3.69. The fourth-order valence-corrected chi connectivity index (χ4v) is 3.54. The molecule has 21 heavy (non-hydrogen) atoms. The second-order valence-electron chi connectivity index (χ2n) is 5.39. The van der Waals surface area contributed by atoms with Crippen LogP contribution in [0, 0.1) is 5.92 Å². The molecule has 1 aliphatic rings. The van der Waals surface area contributed by atoms with E-state index in [1.807, 2.05) is 44.2 Å². The van der Waals surface area contributed by atoms with Crippen molar-refractivity contribution in [3.63, 3.8) is 0 Å². The number of amides is 1. The van der Waals surface area contributed by atoms with Crippen molar-refractivity contribution < 1.29 is 9.00 Å². The number of anilines is 1. The summed E-state index contributed by atoms with van der Waals surface area (Å²) in [5.74, 6) is 1.38. The number of hydrogen-bond donors (Lipinski definition) is 1. The fraction of sp³-hybridized carbons (Fsp3) is 0.333. The van der Waals surface area contributed by atoms with Gasteiger partial charge in [-0.2, -0.15) is 5.10 Å². The van der Waals surface area contributed by atoms with Crippen LogP contribution in [0.1, 0.15) is 25.1 Å². The Kier molecular flexibility index (Phi) is 3.63. The molecule has 2 heterocycles. The molecule has 1 amide bonds. The average Bonchev–Trinajstić information content (AvgIpc) is 2.97. The van der Waals surface area contributed by atoms with Crippen molar-refractivity contribution in [3.8, 4) is 5.69 Å². The maximum absolute atomic E-state index is 12.0. The summed E-state index contributed by atoms with van der Waals surface area (Å²) in [5.41, 5.74) is 2.60. The maximum atomic E-state index is 12.0. The van der Waals surface area contributed by atoms with Crippen LogP contribution < -0.4 is 5.32 Å². The summed E-state index contributed by atoms with van der Waals surface area (Å²) in [5, 5.41) is 7.47. The summed E-state index contributed by atoms with van der Waals surface area (Å²) >= 11 is 0. The normalized spacial score (nSPS) is 17.0. The summed E-state index contributed by atoms with van der Waals surface area (Å²) in [7, 11) is -0.916. The van der Waals surface area contributed by atoms with Gasteiger partial charge >= 0.3 is 0 Å². The molecule has 1 aromatic carbocycles. The third kappa shape index (κ3) is 2.63. The van der Waals surface area contributed by atoms with E-state index < -0.39 is 10.8 Å². The Bertz CT molecular complexity index is 707. The molecule has 0 saturated heterocycles. The van der Waals surface area contributed by atoms with Crippen LogP contribution in [0.4, 0.5) is 5.82 Å². The Morgan fingerprint density at radius 2 is 2.00 bits per heavy atom. The van der Waals surface area contributed by atoms with Gasteiger partial charge in [-0.1, -0.05) is 32.0 Å². The first-order valence-corrected chi connectivity index (χ1v) is 8.37. The van der Waals surface area contributed by atoms with Crippen molar-refractivity contribution in [1.29, 1.82) is 0 Å². The first-order valence-electron chi connectivity index (χ1n) is 6.88. The van der Waals surface area contributed by atoms with Gasteiger partial charge in [0.15, 0.2) is 0 Å². The van der Waals surface area contributed by atoms with Gasteiger partial charge in [-0.15, -0.1) is 0 Å². The number of benzene rings is 1. The minimum atomic E-state index is -0.916. The fourth-order valence-electron chi connectivity index (χ4n) is 2.27. The second kappa shape index (κ2) is 5.44. The molecule has 0 bridgehead atoms. The van der Waals surface area contributed by atoms with E-state index in [1.165, 1.54) is 0 Å². The monoisotopic (exact) mass is 303 g/mol. The van der Waals surface area contributed by atoms with Crippen molar-refractivity contribution >= 4 is 22.5 Å². The van der Waals surface area contributed by atoms with Crippen LogP contribution in [0.2, 0.25) is 0 Å². The zero-order valence-electron chi connectivity index (χ0n) is 12.0. The van der Waals surface area contributed by atoms with Crippen LogP contribution in [-0.4, -0.2) is 19.9 Å². The zero-order valence-corrected chi connectivity index (χ0v) is 12.8. The average molecular weight is 303 g/mol. The molecular weight excluding hydrogens is 286 g/mol. The van der Waals surface area contributed by atoms with E-state index in [1.54, 1.807) is 4.68 Å². The van der Waals surface area contributed by atoms with Crippen LogP contribution in [0.3, 0.4) is 0 Å². The van der Waals surface area contributed by atoms with Gasteiger partial charge in [0.25, 0.3) is 0 Å². The Balaban J connectivity index is 2.07. The van der Waals surface area contributed by atoms with Crippen molar-refractivity contribution in [2.24, 2.45) is 5.92 Å². The lowest BCUT2D eigenvalue weighted by Crippen LogP contribution is -2.21. The molecular formula is C15H17N3O2S. The minimum Gasteiger partial charge on any atom is -0.310 e. The van der Waals surface area contributed by atoms with Crippen molar-refractivity contribution in [2.45, 2.75) is 25.4 Å². The molecule has 3 rings (SSSR count). The van der Waals surface area contributed by atoms with Crippen molar-refractivity contribution in [2.75, 3.05) is 5.32 Å². The highest BCUT2D eigenvalue weighted by atomic mass is 32.2. The van der Waals surface area contributed by atoms with Crippen LogP contribution in [0.25, 0.3) is 5.69 Å². The Morgan fingerprint density at radius 3 is 2.67 bits per heavy atom.